The maximum Gasteiger partial charge on any atom is 0.407 e. The number of benzene rings is 1. The lowest BCUT2D eigenvalue weighted by Gasteiger charge is -2.22. The van der Waals surface area contributed by atoms with Crippen molar-refractivity contribution in [1.29, 1.82) is 0 Å². The number of hydrogen-bond acceptors (Lipinski definition) is 6. The summed E-state index contributed by atoms with van der Waals surface area (Å²) >= 11 is 0. The Labute approximate surface area is 208 Å². The van der Waals surface area contributed by atoms with E-state index < -0.39 is 17.7 Å². The Balaban J connectivity index is 1.86. The second-order valence-electron chi connectivity index (χ2n) is 9.66. The van der Waals surface area contributed by atoms with E-state index in [1.165, 1.54) is 0 Å². The van der Waals surface area contributed by atoms with Crippen molar-refractivity contribution in [3.8, 4) is 5.75 Å². The molecule has 8 nitrogen and oxygen atoms in total. The summed E-state index contributed by atoms with van der Waals surface area (Å²) in [5.41, 5.74) is 1.39. The first-order valence-electron chi connectivity index (χ1n) is 12.3. The van der Waals surface area contributed by atoms with Gasteiger partial charge in [-0.15, -0.1) is 0 Å². The van der Waals surface area contributed by atoms with Crippen LogP contribution in [0.3, 0.4) is 0 Å². The van der Waals surface area contributed by atoms with Crippen LogP contribution in [0.4, 0.5) is 4.79 Å². The van der Waals surface area contributed by atoms with Crippen molar-refractivity contribution >= 4 is 12.0 Å². The van der Waals surface area contributed by atoms with Crippen molar-refractivity contribution < 1.29 is 19.4 Å². The highest BCUT2D eigenvalue weighted by atomic mass is 16.6. The van der Waals surface area contributed by atoms with Gasteiger partial charge in [0.1, 0.15) is 17.4 Å². The van der Waals surface area contributed by atoms with Gasteiger partial charge in [0.2, 0.25) is 5.91 Å². The summed E-state index contributed by atoms with van der Waals surface area (Å²) in [5, 5.41) is 18.9. The monoisotopic (exact) mass is 484 g/mol. The number of aromatic hydroxyl groups is 1. The maximum atomic E-state index is 13.0. The van der Waals surface area contributed by atoms with E-state index in [9.17, 15) is 14.7 Å². The predicted octanol–water partition coefficient (Wildman–Crippen LogP) is 4.11. The Morgan fingerprint density at radius 3 is 2.26 bits per heavy atom. The fourth-order valence-corrected chi connectivity index (χ4v) is 3.69. The van der Waals surface area contributed by atoms with Gasteiger partial charge in [-0.3, -0.25) is 9.78 Å². The number of nitrogens with one attached hydrogen (secondary N) is 3. The van der Waals surface area contributed by atoms with Crippen molar-refractivity contribution in [2.75, 3.05) is 19.6 Å². The van der Waals surface area contributed by atoms with Gasteiger partial charge in [-0.1, -0.05) is 25.5 Å². The van der Waals surface area contributed by atoms with Crippen molar-refractivity contribution in [1.82, 2.24) is 20.9 Å². The standard InChI is InChI=1S/C27H40N4O4/c1-5-20(13-19-31-26(34)35-27(2,3)4)12-17-29-24(22-6-8-23(32)9-7-22)25(33)30-18-14-21-10-15-28-16-11-21/h6-11,15-16,20,24,29,32H,5,12-14,17-19H2,1-4H3,(H,30,33)(H,31,34). The van der Waals surface area contributed by atoms with Crippen molar-refractivity contribution in [3.63, 3.8) is 0 Å². The molecule has 0 radical (unpaired) electrons. The molecule has 192 valence electrons. The van der Waals surface area contributed by atoms with Gasteiger partial charge in [0.15, 0.2) is 0 Å². The number of hydrogen-bond donors (Lipinski definition) is 4. The zero-order valence-electron chi connectivity index (χ0n) is 21.3. The van der Waals surface area contributed by atoms with Crippen LogP contribution in [0.1, 0.15) is 64.1 Å². The van der Waals surface area contributed by atoms with Gasteiger partial charge in [0.05, 0.1) is 0 Å². The molecule has 0 aliphatic carbocycles. The molecule has 0 aliphatic rings. The highest BCUT2D eigenvalue weighted by Crippen LogP contribution is 2.19. The van der Waals surface area contributed by atoms with E-state index in [4.69, 9.17) is 4.74 Å². The van der Waals surface area contributed by atoms with Crippen LogP contribution >= 0.6 is 0 Å². The second-order valence-corrected chi connectivity index (χ2v) is 9.66. The molecule has 0 aliphatic heterocycles. The van der Waals surface area contributed by atoms with Gasteiger partial charge >= 0.3 is 6.09 Å². The van der Waals surface area contributed by atoms with E-state index in [2.05, 4.69) is 27.9 Å². The average molecular weight is 485 g/mol. The average Bonchev–Trinajstić information content (AvgIpc) is 2.81. The van der Waals surface area contributed by atoms with Crippen molar-refractivity contribution in [3.05, 3.63) is 59.9 Å². The molecule has 2 rings (SSSR count). The fraction of sp³-hybridized carbons (Fsp3) is 0.519. The molecule has 2 atom stereocenters. The van der Waals surface area contributed by atoms with Crippen LogP contribution in [0.25, 0.3) is 0 Å². The van der Waals surface area contributed by atoms with E-state index in [1.54, 1.807) is 36.7 Å². The van der Waals surface area contributed by atoms with Gasteiger partial charge in [-0.05, 0) is 87.9 Å². The molecule has 8 heteroatoms. The smallest absolute Gasteiger partial charge is 0.407 e. The molecule has 4 N–H and O–H groups in total. The third-order valence-electron chi connectivity index (χ3n) is 5.65. The normalized spacial score (nSPS) is 13.0. The molecule has 0 saturated carbocycles. The second kappa shape index (κ2) is 14.3. The van der Waals surface area contributed by atoms with E-state index in [0.29, 0.717) is 25.6 Å². The summed E-state index contributed by atoms with van der Waals surface area (Å²) in [5.74, 6) is 0.450. The van der Waals surface area contributed by atoms with Gasteiger partial charge in [-0.25, -0.2) is 4.79 Å². The number of ether oxygens (including phenoxy) is 1. The van der Waals surface area contributed by atoms with Crippen LogP contribution in [0.5, 0.6) is 5.75 Å². The molecule has 1 aromatic carbocycles. The number of pyridine rings is 1. The number of phenols is 1. The van der Waals surface area contributed by atoms with Crippen LogP contribution in [-0.4, -0.2) is 47.3 Å². The van der Waals surface area contributed by atoms with Crippen molar-refractivity contribution in [2.45, 2.75) is 65.0 Å². The van der Waals surface area contributed by atoms with Gasteiger partial charge in [0.25, 0.3) is 0 Å². The van der Waals surface area contributed by atoms with Crippen LogP contribution in [0.15, 0.2) is 48.8 Å². The van der Waals surface area contributed by atoms with Crippen LogP contribution in [0.2, 0.25) is 0 Å². The summed E-state index contributed by atoms with van der Waals surface area (Å²) in [4.78, 5) is 28.9. The lowest BCUT2D eigenvalue weighted by atomic mass is 9.97. The molecule has 0 spiro atoms. The molecule has 2 amide bonds. The Bertz CT molecular complexity index is 898. The zero-order valence-corrected chi connectivity index (χ0v) is 21.3. The van der Waals surface area contributed by atoms with Gasteiger partial charge < -0.3 is 25.8 Å². The minimum atomic E-state index is -0.523. The zero-order chi connectivity index (χ0) is 25.7. The number of aromatic nitrogens is 1. The van der Waals surface area contributed by atoms with E-state index in [1.807, 2.05) is 32.9 Å². The molecule has 1 heterocycles. The Morgan fingerprint density at radius 1 is 0.971 bits per heavy atom. The first-order chi connectivity index (χ1) is 16.7. The Hall–Kier alpha value is -3.13. The van der Waals surface area contributed by atoms with E-state index in [0.717, 1.165) is 36.8 Å². The number of amides is 2. The number of phenolic OH excluding ortho intramolecular Hbond substituents is 1. The Morgan fingerprint density at radius 2 is 1.63 bits per heavy atom. The topological polar surface area (TPSA) is 113 Å². The lowest BCUT2D eigenvalue weighted by Crippen LogP contribution is -2.39. The Kier molecular flexibility index (Phi) is 11.5. The van der Waals surface area contributed by atoms with Crippen LogP contribution in [-0.2, 0) is 16.0 Å². The first-order valence-corrected chi connectivity index (χ1v) is 12.3. The molecule has 2 aromatic rings. The number of carbonyl (C=O) groups is 2. The van der Waals surface area contributed by atoms with Gasteiger partial charge in [-0.2, -0.15) is 0 Å². The molecular formula is C27H40N4O4. The number of alkyl carbamates (subject to hydrolysis) is 1. The minimum absolute atomic E-state index is 0.107. The lowest BCUT2D eigenvalue weighted by molar-refractivity contribution is -0.123. The molecular weight excluding hydrogens is 444 g/mol. The first kappa shape index (κ1) is 28.1. The highest BCUT2D eigenvalue weighted by Gasteiger charge is 2.21. The molecule has 0 bridgehead atoms. The van der Waals surface area contributed by atoms with E-state index >= 15 is 0 Å². The number of rotatable bonds is 13. The molecule has 2 unspecified atom stereocenters. The minimum Gasteiger partial charge on any atom is -0.508 e. The summed E-state index contributed by atoms with van der Waals surface area (Å²) in [6, 6.07) is 10.0. The highest BCUT2D eigenvalue weighted by molar-refractivity contribution is 5.83. The van der Waals surface area contributed by atoms with Gasteiger partial charge in [0, 0.05) is 25.5 Å². The summed E-state index contributed by atoms with van der Waals surface area (Å²) in [6.45, 7) is 9.36. The molecule has 0 saturated heterocycles. The largest absolute Gasteiger partial charge is 0.508 e. The van der Waals surface area contributed by atoms with Crippen molar-refractivity contribution in [2.24, 2.45) is 5.92 Å². The number of carbonyl (C=O) groups excluding carboxylic acids is 2. The van der Waals surface area contributed by atoms with Crippen LogP contribution in [0, 0.1) is 5.92 Å². The number of nitrogens with zero attached hydrogens (tertiary/aromatic N) is 1. The molecule has 0 fully saturated rings. The maximum absolute atomic E-state index is 13.0. The molecule has 35 heavy (non-hydrogen) atoms. The van der Waals surface area contributed by atoms with Crippen LogP contribution < -0.4 is 16.0 Å². The predicted molar refractivity (Wildman–Crippen MR) is 137 cm³/mol. The summed E-state index contributed by atoms with van der Waals surface area (Å²) < 4.78 is 5.28. The fourth-order valence-electron chi connectivity index (χ4n) is 3.69. The third kappa shape index (κ3) is 11.2. The summed E-state index contributed by atoms with van der Waals surface area (Å²) in [7, 11) is 0. The summed E-state index contributed by atoms with van der Waals surface area (Å²) in [6.07, 6.45) is 6.47. The van der Waals surface area contributed by atoms with E-state index in [-0.39, 0.29) is 11.7 Å². The SMILES string of the molecule is CCC(CCNC(=O)OC(C)(C)C)CCNC(C(=O)NCCc1ccncc1)c1ccc(O)cc1. The quantitative estimate of drug-likeness (QED) is 0.340. The third-order valence-corrected chi connectivity index (χ3v) is 5.65. The molecule has 1 aromatic heterocycles.